The van der Waals surface area contributed by atoms with Gasteiger partial charge in [-0.2, -0.15) is 0 Å². The van der Waals surface area contributed by atoms with Gasteiger partial charge in [-0.1, -0.05) is 59.3 Å². The second kappa shape index (κ2) is 7.61. The minimum absolute atomic E-state index is 0.232. The Kier molecular flexibility index (Phi) is 5.02. The largest absolute Gasteiger partial charge is 0.479 e. The van der Waals surface area contributed by atoms with Crippen LogP contribution in [0.3, 0.4) is 0 Å². The minimum atomic E-state index is -0.232. The van der Waals surface area contributed by atoms with E-state index in [-0.39, 0.29) is 11.8 Å². The zero-order chi connectivity index (χ0) is 19.7. The fourth-order valence-corrected chi connectivity index (χ4v) is 4.18. The van der Waals surface area contributed by atoms with Crippen LogP contribution in [0.5, 0.6) is 5.88 Å². The Morgan fingerprint density at radius 3 is 2.71 bits per heavy atom. The molecular formula is C20H17ClN4O2S. The highest BCUT2D eigenvalue weighted by Crippen LogP contribution is 2.34. The summed E-state index contributed by atoms with van der Waals surface area (Å²) in [6.07, 6.45) is 1.65. The van der Waals surface area contributed by atoms with Crippen LogP contribution in [-0.2, 0) is 13.6 Å². The Labute approximate surface area is 170 Å². The van der Waals surface area contributed by atoms with Crippen molar-refractivity contribution in [1.29, 1.82) is 0 Å². The number of hydrogen-bond donors (Lipinski definition) is 0. The Bertz CT molecular complexity index is 1140. The lowest BCUT2D eigenvalue weighted by Crippen LogP contribution is -2.30. The standard InChI is InChI=1S/C20H17ClN4O2S/c1-24-12-14(18(23-24)27-2)19(26)25(11-13-7-4-3-5-8-13)20-22-17-15(21)9-6-10-16(17)28-20/h3-10,12H,11H2,1-2H3. The minimum Gasteiger partial charge on any atom is -0.479 e. The van der Waals surface area contributed by atoms with Crippen LogP contribution in [0.1, 0.15) is 15.9 Å². The molecule has 4 rings (SSSR count). The number of amides is 1. The maximum Gasteiger partial charge on any atom is 0.267 e. The summed E-state index contributed by atoms with van der Waals surface area (Å²) in [5, 5.41) is 5.33. The SMILES string of the molecule is COc1nn(C)cc1C(=O)N(Cc1ccccc1)c1nc2c(Cl)cccc2s1. The number of methoxy groups -OCH3 is 1. The van der Waals surface area contributed by atoms with Crippen LogP contribution < -0.4 is 9.64 Å². The molecule has 0 aliphatic rings. The van der Waals surface area contributed by atoms with E-state index in [9.17, 15) is 4.79 Å². The van der Waals surface area contributed by atoms with E-state index in [4.69, 9.17) is 16.3 Å². The molecule has 8 heteroatoms. The van der Waals surface area contributed by atoms with E-state index in [0.717, 1.165) is 10.3 Å². The van der Waals surface area contributed by atoms with Gasteiger partial charge in [-0.25, -0.2) is 4.98 Å². The highest BCUT2D eigenvalue weighted by Gasteiger charge is 2.26. The summed E-state index contributed by atoms with van der Waals surface area (Å²) < 4.78 is 7.76. The molecule has 0 aliphatic carbocycles. The van der Waals surface area contributed by atoms with Gasteiger partial charge >= 0.3 is 0 Å². The third kappa shape index (κ3) is 3.46. The molecule has 0 N–H and O–H groups in total. The number of nitrogens with zero attached hydrogens (tertiary/aromatic N) is 4. The van der Waals surface area contributed by atoms with E-state index < -0.39 is 0 Å². The molecule has 0 atom stereocenters. The number of anilines is 1. The van der Waals surface area contributed by atoms with Crippen LogP contribution in [0.2, 0.25) is 5.02 Å². The predicted octanol–water partition coefficient (Wildman–Crippen LogP) is 4.54. The fraction of sp³-hybridized carbons (Fsp3) is 0.150. The highest BCUT2D eigenvalue weighted by molar-refractivity contribution is 7.22. The van der Waals surface area contributed by atoms with Gasteiger partial charge < -0.3 is 4.74 Å². The van der Waals surface area contributed by atoms with Gasteiger partial charge in [-0.3, -0.25) is 14.4 Å². The molecule has 0 saturated heterocycles. The Morgan fingerprint density at radius 1 is 1.21 bits per heavy atom. The summed E-state index contributed by atoms with van der Waals surface area (Å²) in [7, 11) is 3.25. The van der Waals surface area contributed by atoms with Gasteiger partial charge in [-0.15, -0.1) is 5.10 Å². The van der Waals surface area contributed by atoms with Crippen molar-refractivity contribution in [1.82, 2.24) is 14.8 Å². The first-order valence-corrected chi connectivity index (χ1v) is 9.74. The summed E-state index contributed by atoms with van der Waals surface area (Å²) in [5.74, 6) is 0.0497. The number of carbonyl (C=O) groups excluding carboxylic acids is 1. The summed E-state index contributed by atoms with van der Waals surface area (Å²) >= 11 is 7.71. The molecule has 0 unspecified atom stereocenters. The average Bonchev–Trinajstić information content (AvgIpc) is 3.30. The van der Waals surface area contributed by atoms with Crippen molar-refractivity contribution in [3.8, 4) is 5.88 Å². The number of hydrogen-bond acceptors (Lipinski definition) is 5. The first kappa shape index (κ1) is 18.5. The van der Waals surface area contributed by atoms with Gasteiger partial charge in [0.1, 0.15) is 11.1 Å². The fourth-order valence-electron chi connectivity index (χ4n) is 2.92. The molecule has 0 saturated carbocycles. The van der Waals surface area contributed by atoms with E-state index in [2.05, 4.69) is 10.1 Å². The molecule has 2 heterocycles. The van der Waals surface area contributed by atoms with Crippen LogP contribution in [0.15, 0.2) is 54.7 Å². The number of aromatic nitrogens is 3. The third-order valence-electron chi connectivity index (χ3n) is 4.24. The Hall–Kier alpha value is -2.90. The predicted molar refractivity (Wildman–Crippen MR) is 111 cm³/mol. The van der Waals surface area contributed by atoms with Gasteiger partial charge in [0.2, 0.25) is 5.88 Å². The summed E-state index contributed by atoms with van der Waals surface area (Å²) in [4.78, 5) is 19.7. The number of benzene rings is 2. The molecule has 142 valence electrons. The zero-order valence-electron chi connectivity index (χ0n) is 15.3. The number of halogens is 1. The molecular weight excluding hydrogens is 396 g/mol. The molecule has 0 spiro atoms. The van der Waals surface area contributed by atoms with Gasteiger partial charge in [0.05, 0.1) is 23.4 Å². The van der Waals surface area contributed by atoms with Crippen LogP contribution in [0.25, 0.3) is 10.2 Å². The van der Waals surface area contributed by atoms with E-state index >= 15 is 0 Å². The van der Waals surface area contributed by atoms with Crippen LogP contribution >= 0.6 is 22.9 Å². The number of para-hydroxylation sites is 1. The van der Waals surface area contributed by atoms with Crippen molar-refractivity contribution in [2.45, 2.75) is 6.54 Å². The van der Waals surface area contributed by atoms with Gasteiger partial charge in [0.15, 0.2) is 5.13 Å². The summed E-state index contributed by atoms with van der Waals surface area (Å²) in [6, 6.07) is 15.4. The second-order valence-electron chi connectivity index (χ2n) is 6.19. The molecule has 0 bridgehead atoms. The number of aryl methyl sites for hydroxylation is 1. The first-order valence-electron chi connectivity index (χ1n) is 8.55. The van der Waals surface area contributed by atoms with Crippen LogP contribution in [-0.4, -0.2) is 27.8 Å². The first-order chi connectivity index (χ1) is 13.6. The van der Waals surface area contributed by atoms with E-state index in [0.29, 0.717) is 27.8 Å². The van der Waals surface area contributed by atoms with Crippen molar-refractivity contribution >= 4 is 44.2 Å². The number of carbonyl (C=O) groups is 1. The summed E-state index contributed by atoms with van der Waals surface area (Å²) in [5.41, 5.74) is 2.06. The lowest BCUT2D eigenvalue weighted by Gasteiger charge is -2.19. The van der Waals surface area contributed by atoms with Crippen molar-refractivity contribution in [2.75, 3.05) is 12.0 Å². The average molecular weight is 413 g/mol. The molecule has 1 amide bonds. The number of thiazole rings is 1. The quantitative estimate of drug-likeness (QED) is 0.483. The monoisotopic (exact) mass is 412 g/mol. The molecule has 2 aromatic heterocycles. The molecule has 6 nitrogen and oxygen atoms in total. The topological polar surface area (TPSA) is 60.3 Å². The zero-order valence-corrected chi connectivity index (χ0v) is 16.9. The van der Waals surface area contributed by atoms with Crippen molar-refractivity contribution in [2.24, 2.45) is 7.05 Å². The number of fused-ring (bicyclic) bond motifs is 1. The Balaban J connectivity index is 1.81. The highest BCUT2D eigenvalue weighted by atomic mass is 35.5. The number of ether oxygens (including phenoxy) is 1. The molecule has 0 aliphatic heterocycles. The van der Waals surface area contributed by atoms with E-state index in [1.54, 1.807) is 28.9 Å². The second-order valence-corrected chi connectivity index (χ2v) is 7.60. The van der Waals surface area contributed by atoms with Crippen molar-refractivity contribution in [3.63, 3.8) is 0 Å². The maximum atomic E-state index is 13.4. The van der Waals surface area contributed by atoms with Crippen molar-refractivity contribution < 1.29 is 9.53 Å². The molecule has 4 aromatic rings. The lowest BCUT2D eigenvalue weighted by molar-refractivity contribution is 0.0982. The van der Waals surface area contributed by atoms with Crippen LogP contribution in [0, 0.1) is 0 Å². The smallest absolute Gasteiger partial charge is 0.267 e. The summed E-state index contributed by atoms with van der Waals surface area (Å²) in [6.45, 7) is 0.370. The third-order valence-corrected chi connectivity index (χ3v) is 5.59. The van der Waals surface area contributed by atoms with Crippen LogP contribution in [0.4, 0.5) is 5.13 Å². The molecule has 0 radical (unpaired) electrons. The molecule has 2 aromatic carbocycles. The molecule has 0 fully saturated rings. The van der Waals surface area contributed by atoms with Crippen molar-refractivity contribution in [3.05, 3.63) is 70.9 Å². The van der Waals surface area contributed by atoms with E-state index in [1.165, 1.54) is 18.4 Å². The number of rotatable bonds is 5. The van der Waals surface area contributed by atoms with Gasteiger partial charge in [-0.05, 0) is 17.7 Å². The van der Waals surface area contributed by atoms with Gasteiger partial charge in [0.25, 0.3) is 5.91 Å². The Morgan fingerprint density at radius 2 is 2.00 bits per heavy atom. The molecule has 28 heavy (non-hydrogen) atoms. The van der Waals surface area contributed by atoms with Gasteiger partial charge in [0, 0.05) is 13.2 Å². The lowest BCUT2D eigenvalue weighted by atomic mass is 10.2. The normalized spacial score (nSPS) is 11.0. The maximum absolute atomic E-state index is 13.4. The van der Waals surface area contributed by atoms with E-state index in [1.807, 2.05) is 42.5 Å².